The lowest BCUT2D eigenvalue weighted by molar-refractivity contribution is 0.415. The van der Waals surface area contributed by atoms with Gasteiger partial charge in [-0.15, -0.1) is 11.3 Å². The van der Waals surface area contributed by atoms with Crippen LogP contribution in [-0.2, 0) is 6.54 Å². The summed E-state index contributed by atoms with van der Waals surface area (Å²) >= 11 is 14.4. The van der Waals surface area contributed by atoms with Crippen molar-refractivity contribution in [1.29, 1.82) is 0 Å². The van der Waals surface area contributed by atoms with Crippen LogP contribution in [0.4, 0.5) is 5.69 Å². The molecule has 146 valence electrons. The minimum atomic E-state index is 0.571. The molecular formula is C23H18Cl2N2OS. The average Bonchev–Trinajstić information content (AvgIpc) is 3.12. The molecule has 0 aliphatic heterocycles. The minimum absolute atomic E-state index is 0.571. The average molecular weight is 441 g/mol. The predicted octanol–water partition coefficient (Wildman–Crippen LogP) is 6.81. The Morgan fingerprint density at radius 2 is 1.69 bits per heavy atom. The van der Waals surface area contributed by atoms with E-state index in [1.54, 1.807) is 18.4 Å². The molecule has 3 nitrogen and oxygen atoms in total. The summed E-state index contributed by atoms with van der Waals surface area (Å²) in [6, 6.07) is 23.6. The zero-order valence-corrected chi connectivity index (χ0v) is 18.0. The highest BCUT2D eigenvalue weighted by Gasteiger charge is 2.12. The lowest BCUT2D eigenvalue weighted by atomic mass is 10.1. The van der Waals surface area contributed by atoms with Gasteiger partial charge in [0.25, 0.3) is 0 Å². The first-order valence-electron chi connectivity index (χ1n) is 9.01. The van der Waals surface area contributed by atoms with Crippen LogP contribution in [0.25, 0.3) is 11.3 Å². The Bertz CT molecular complexity index is 1200. The van der Waals surface area contributed by atoms with Crippen molar-refractivity contribution in [1.82, 2.24) is 4.57 Å². The van der Waals surface area contributed by atoms with E-state index in [1.165, 1.54) is 0 Å². The Hall–Kier alpha value is -2.53. The van der Waals surface area contributed by atoms with Gasteiger partial charge >= 0.3 is 0 Å². The highest BCUT2D eigenvalue weighted by Crippen LogP contribution is 2.31. The standard InChI is InChI=1S/C23H18Cl2N2OS/c1-28-22-12-11-16(13-20(22)25)21-15-29-23(26-18-8-3-2-4-9-18)27(21)14-17-7-5-6-10-19(17)24/h2-13,15H,14H2,1H3. The molecule has 0 N–H and O–H groups in total. The molecule has 1 heterocycles. The van der Waals surface area contributed by atoms with Crippen molar-refractivity contribution in [2.24, 2.45) is 4.99 Å². The maximum Gasteiger partial charge on any atom is 0.190 e. The van der Waals surface area contributed by atoms with E-state index in [2.05, 4.69) is 9.95 Å². The molecule has 0 aliphatic rings. The van der Waals surface area contributed by atoms with Crippen molar-refractivity contribution in [3.63, 3.8) is 0 Å². The van der Waals surface area contributed by atoms with Gasteiger partial charge in [-0.05, 0) is 42.0 Å². The largest absolute Gasteiger partial charge is 0.495 e. The minimum Gasteiger partial charge on any atom is -0.495 e. The molecule has 29 heavy (non-hydrogen) atoms. The van der Waals surface area contributed by atoms with Crippen molar-refractivity contribution in [2.75, 3.05) is 7.11 Å². The van der Waals surface area contributed by atoms with Crippen LogP contribution in [0, 0.1) is 0 Å². The fourth-order valence-corrected chi connectivity index (χ4v) is 4.42. The van der Waals surface area contributed by atoms with Gasteiger partial charge in [0.2, 0.25) is 0 Å². The molecule has 0 bridgehead atoms. The number of rotatable bonds is 5. The quantitative estimate of drug-likeness (QED) is 0.334. The van der Waals surface area contributed by atoms with Gasteiger partial charge in [0, 0.05) is 16.0 Å². The Kier molecular flexibility index (Phi) is 6.05. The summed E-state index contributed by atoms with van der Waals surface area (Å²) in [7, 11) is 1.61. The first kappa shape index (κ1) is 19.8. The number of benzene rings is 3. The highest BCUT2D eigenvalue weighted by atomic mass is 35.5. The number of hydrogen-bond acceptors (Lipinski definition) is 3. The lowest BCUT2D eigenvalue weighted by Gasteiger charge is -2.12. The molecule has 6 heteroatoms. The molecule has 1 aromatic heterocycles. The molecule has 0 spiro atoms. The van der Waals surface area contributed by atoms with Crippen molar-refractivity contribution in [3.8, 4) is 17.0 Å². The van der Waals surface area contributed by atoms with Crippen LogP contribution >= 0.6 is 34.5 Å². The van der Waals surface area contributed by atoms with E-state index in [9.17, 15) is 0 Å². The van der Waals surface area contributed by atoms with Crippen molar-refractivity contribution in [2.45, 2.75) is 6.54 Å². The van der Waals surface area contributed by atoms with Crippen LogP contribution in [0.2, 0.25) is 10.0 Å². The van der Waals surface area contributed by atoms with Gasteiger partial charge in [-0.1, -0.05) is 59.6 Å². The molecule has 4 rings (SSSR count). The van der Waals surface area contributed by atoms with Gasteiger partial charge in [-0.2, -0.15) is 0 Å². The van der Waals surface area contributed by atoms with E-state index in [0.29, 0.717) is 17.3 Å². The third-order valence-corrected chi connectivity index (χ3v) is 6.04. The van der Waals surface area contributed by atoms with Gasteiger partial charge in [0.1, 0.15) is 5.75 Å². The molecular weight excluding hydrogens is 423 g/mol. The van der Waals surface area contributed by atoms with Gasteiger partial charge in [-0.25, -0.2) is 4.99 Å². The third-order valence-electron chi connectivity index (χ3n) is 4.51. The van der Waals surface area contributed by atoms with E-state index in [1.807, 2.05) is 72.8 Å². The molecule has 3 aromatic carbocycles. The Morgan fingerprint density at radius 3 is 2.41 bits per heavy atom. The van der Waals surface area contributed by atoms with E-state index in [0.717, 1.165) is 32.3 Å². The summed E-state index contributed by atoms with van der Waals surface area (Å²) in [5, 5.41) is 3.40. The molecule has 0 unspecified atom stereocenters. The van der Waals surface area contributed by atoms with Crippen LogP contribution in [-0.4, -0.2) is 11.7 Å². The van der Waals surface area contributed by atoms with E-state index < -0.39 is 0 Å². The zero-order chi connectivity index (χ0) is 20.2. The lowest BCUT2D eigenvalue weighted by Crippen LogP contribution is -2.17. The Morgan fingerprint density at radius 1 is 0.931 bits per heavy atom. The number of aromatic nitrogens is 1. The number of para-hydroxylation sites is 1. The van der Waals surface area contributed by atoms with Gasteiger partial charge in [0.05, 0.1) is 30.1 Å². The topological polar surface area (TPSA) is 26.5 Å². The fraction of sp³-hybridized carbons (Fsp3) is 0.0870. The number of ether oxygens (including phenoxy) is 1. The summed E-state index contributed by atoms with van der Waals surface area (Å²) in [4.78, 5) is 5.74. The molecule has 0 amide bonds. The second-order valence-corrected chi connectivity index (χ2v) is 8.03. The first-order chi connectivity index (χ1) is 14.2. The van der Waals surface area contributed by atoms with Crippen LogP contribution in [0.3, 0.4) is 0 Å². The smallest absolute Gasteiger partial charge is 0.190 e. The van der Waals surface area contributed by atoms with Crippen LogP contribution in [0.5, 0.6) is 5.75 Å². The number of nitrogens with zero attached hydrogens (tertiary/aromatic N) is 2. The number of methoxy groups -OCH3 is 1. The van der Waals surface area contributed by atoms with Gasteiger partial charge in [0.15, 0.2) is 4.80 Å². The maximum absolute atomic E-state index is 6.44. The summed E-state index contributed by atoms with van der Waals surface area (Å²) in [6.45, 7) is 0.605. The van der Waals surface area contributed by atoms with Crippen molar-refractivity contribution >= 4 is 40.2 Å². The molecule has 0 saturated heterocycles. The molecule has 0 radical (unpaired) electrons. The predicted molar refractivity (Wildman–Crippen MR) is 122 cm³/mol. The summed E-state index contributed by atoms with van der Waals surface area (Å²) < 4.78 is 7.45. The number of halogens is 2. The normalized spacial score (nSPS) is 11.6. The van der Waals surface area contributed by atoms with Gasteiger partial charge in [-0.3, -0.25) is 0 Å². The number of hydrogen-bond donors (Lipinski definition) is 0. The summed E-state index contributed by atoms with van der Waals surface area (Å²) in [6.07, 6.45) is 0. The van der Waals surface area contributed by atoms with Crippen molar-refractivity contribution < 1.29 is 4.74 Å². The zero-order valence-electron chi connectivity index (χ0n) is 15.7. The molecule has 4 aromatic rings. The SMILES string of the molecule is COc1ccc(-c2csc(=Nc3ccccc3)n2Cc2ccccc2Cl)cc1Cl. The monoisotopic (exact) mass is 440 g/mol. The Labute approximate surface area is 183 Å². The van der Waals surface area contributed by atoms with E-state index in [4.69, 9.17) is 32.9 Å². The van der Waals surface area contributed by atoms with Crippen LogP contribution in [0.15, 0.2) is 83.2 Å². The van der Waals surface area contributed by atoms with Crippen LogP contribution in [0.1, 0.15) is 5.56 Å². The van der Waals surface area contributed by atoms with E-state index >= 15 is 0 Å². The highest BCUT2D eigenvalue weighted by molar-refractivity contribution is 7.07. The van der Waals surface area contributed by atoms with Gasteiger partial charge < -0.3 is 9.30 Å². The number of thiazole rings is 1. The molecule has 0 fully saturated rings. The van der Waals surface area contributed by atoms with Crippen LogP contribution < -0.4 is 9.54 Å². The maximum atomic E-state index is 6.44. The second-order valence-electron chi connectivity index (χ2n) is 6.38. The third kappa shape index (κ3) is 4.40. The van der Waals surface area contributed by atoms with Crippen molar-refractivity contribution in [3.05, 3.63) is 98.6 Å². The molecule has 0 saturated carbocycles. The second kappa shape index (κ2) is 8.87. The summed E-state index contributed by atoms with van der Waals surface area (Å²) in [5.41, 5.74) is 3.95. The Balaban J connectivity index is 1.87. The summed E-state index contributed by atoms with van der Waals surface area (Å²) in [5.74, 6) is 0.650. The molecule has 0 aliphatic carbocycles. The molecule has 0 atom stereocenters. The first-order valence-corrected chi connectivity index (χ1v) is 10.6. The fourth-order valence-electron chi connectivity index (χ4n) is 3.04. The van der Waals surface area contributed by atoms with E-state index in [-0.39, 0.29) is 0 Å².